The summed E-state index contributed by atoms with van der Waals surface area (Å²) in [5.41, 5.74) is 9.27. The Balaban J connectivity index is 1.03. The molecule has 1 aliphatic rings. The zero-order chi connectivity index (χ0) is 88.3. The van der Waals surface area contributed by atoms with Gasteiger partial charge >= 0.3 is 35.8 Å². The molecule has 43 heteroatoms. The number of piperidine rings is 1. The number of ether oxygens (including phenoxy) is 3. The summed E-state index contributed by atoms with van der Waals surface area (Å²) in [6, 6.07) is 3.93. The van der Waals surface area contributed by atoms with Crippen LogP contribution < -0.4 is 65.1 Å². The normalized spacial score (nSPS) is 15.2. The number of benzene rings is 2. The van der Waals surface area contributed by atoms with Crippen LogP contribution in [0.3, 0.4) is 0 Å². The molecule has 8 amide bonds. The van der Waals surface area contributed by atoms with Gasteiger partial charge in [-0.1, -0.05) is 88.1 Å². The van der Waals surface area contributed by atoms with E-state index in [1.165, 1.54) is 47.7 Å². The fraction of sp³-hybridized carbons (Fsp3) is 0.545. The maximum absolute atomic E-state index is 15.1. The zero-order valence-electron chi connectivity index (χ0n) is 68.0. The minimum Gasteiger partial charge on any atom is -0.508 e. The number of rotatable bonds is 51. The van der Waals surface area contributed by atoms with Crippen LogP contribution in [0.15, 0.2) is 64.9 Å². The zero-order valence-corrected chi connectivity index (χ0v) is 70.4. The third kappa shape index (κ3) is 32.2. The smallest absolute Gasteiger partial charge is 0.337 e. The number of likely N-dealkylation sites (tertiary alicyclic amines) is 1. The van der Waals surface area contributed by atoms with E-state index in [9.17, 15) is 87.5 Å². The number of thiazole rings is 1. The lowest BCUT2D eigenvalue weighted by molar-refractivity contribution is -0.160. The number of anilines is 2. The molecule has 1 saturated heterocycles. The quantitative estimate of drug-likeness (QED) is 0.00506. The van der Waals surface area contributed by atoms with Gasteiger partial charge in [-0.15, -0.1) is 11.3 Å². The maximum atomic E-state index is 15.1. The molecule has 0 bridgehead atoms. The Hall–Kier alpha value is -11.2. The number of fused-ring (bicyclic) bond motifs is 1. The molecule has 0 saturated carbocycles. The largest absolute Gasteiger partial charge is 0.508 e. The number of phenolic OH excluding ortho intramolecular Hbond substituents is 1. The number of carbonyl (C=O) groups excluding carboxylic acids is 11. The number of carboxylic acids is 3. The lowest BCUT2D eigenvalue weighted by atomic mass is 9.92. The van der Waals surface area contributed by atoms with Gasteiger partial charge in [0.1, 0.15) is 47.2 Å². The Kier molecular flexibility index (Phi) is 40.2. The molecule has 2 aromatic carbocycles. The number of amides is 8. The molecule has 1 unspecified atom stereocenters. The Morgan fingerprint density at radius 1 is 0.775 bits per heavy atom. The topological polar surface area (TPSA) is 599 Å². The van der Waals surface area contributed by atoms with Crippen LogP contribution >= 0.6 is 32.9 Å². The van der Waals surface area contributed by atoms with E-state index in [1.54, 1.807) is 38.1 Å². The van der Waals surface area contributed by atoms with Gasteiger partial charge < -0.3 is 87.8 Å². The minimum atomic E-state index is -1.98. The number of H-pyrrole nitrogens is 1. The number of likely N-dealkylation sites (N-methyl/N-ethyl adjacent to an activating group) is 1. The van der Waals surface area contributed by atoms with E-state index in [2.05, 4.69) is 72.9 Å². The third-order valence-electron chi connectivity index (χ3n) is 19.2. The Morgan fingerprint density at radius 2 is 1.45 bits per heavy atom. The van der Waals surface area contributed by atoms with Crippen LogP contribution in [0.25, 0.3) is 11.2 Å². The van der Waals surface area contributed by atoms with E-state index in [-0.39, 0.29) is 140 Å². The van der Waals surface area contributed by atoms with Gasteiger partial charge in [0, 0.05) is 73.7 Å². The van der Waals surface area contributed by atoms with Crippen molar-refractivity contribution in [3.05, 3.63) is 98.0 Å². The number of phenols is 1. The summed E-state index contributed by atoms with van der Waals surface area (Å²) in [7, 11) is 3.26. The fourth-order valence-corrected chi connectivity index (χ4v) is 15.4. The monoisotopic (exact) mass is 1730 g/mol. The molecule has 40 nitrogen and oxygen atoms in total. The predicted octanol–water partition coefficient (Wildman–Crippen LogP) is 2.91. The number of esters is 3. The van der Waals surface area contributed by atoms with Crippen LogP contribution in [0.5, 0.6) is 5.75 Å². The first-order valence-corrected chi connectivity index (χ1v) is 42.4. The predicted molar refractivity (Wildman–Crippen MR) is 441 cm³/mol. The molecular weight excluding hydrogens is 1630 g/mol. The van der Waals surface area contributed by atoms with Crippen molar-refractivity contribution in [3.63, 3.8) is 0 Å². The molecular formula is C77H108N18O22S3. The molecule has 11 atom stereocenters. The summed E-state index contributed by atoms with van der Waals surface area (Å²) in [4.78, 5) is 222. The lowest BCUT2D eigenvalue weighted by Crippen LogP contribution is -2.59. The minimum absolute atomic E-state index is 0.000857. The van der Waals surface area contributed by atoms with Crippen LogP contribution in [0, 0.1) is 17.8 Å². The number of aromatic nitrogens is 5. The number of nitrogens with one attached hydrogen (secondary N) is 10. The molecule has 1 aliphatic heterocycles. The molecule has 0 spiro atoms. The molecule has 0 radical (unpaired) electrons. The number of hydrogen-bond donors (Lipinski definition) is 16. The van der Waals surface area contributed by atoms with Gasteiger partial charge in [0.25, 0.3) is 17.4 Å². The van der Waals surface area contributed by atoms with Gasteiger partial charge in [-0.3, -0.25) is 88.3 Å². The SMILES string of the molecule is CCCC(=O)OCN(C(=O)[C@@H](NC(=O)[C@H]1CCCCN1C)C(C)CC)[C@H](C[C@@H](OC(C)=O)c1nc(C(=O)N[C@@H](Cc2ccc(O)cc2)C[C@H](C)C(=O)OCCSS[C@H](NC(=O)[C@H](CC(=O)O)NC(=O)[C@H](CCCNN)NC(=O)[C@H](CC(=O)O)NC(=O)CCCNC(=O)c2ccc(NCc3cnc4nc(N)[nH]c(=O)c4n3)cc2)C(=O)O)cs1)C(C)C. The first-order chi connectivity index (χ1) is 57.1. The molecule has 5 aromatic rings. The maximum Gasteiger partial charge on any atom is 0.337 e. The standard InChI is InChI=1S/C77H108N18O22S3/c1-9-15-61(103)116-40-95(74(111)62(42(5)10-2)90-70(109)55-17-11-12-29-94(55)8)56(41(3)4)36-57(117-44(7)96)72-89-54(39-118-72)69(108)85-48(33-45-19-25-50(97)26-20-45)32-43(6)76(114)115-30-31-119-120-73(75(112)113)92-68(107)53(35-60(101)102)88-66(105)51(16-13-28-83-79)87-67(106)52(34-59(99)100)86-58(98)18-14-27-80-65(104)46-21-23-47(24-22-46)81-37-49-38-82-64-63(84-49)71(110)93-77(78)91-64/h19-26,38-39,41-43,48,51-53,55-57,62,73,81,83,97H,9-18,27-37,40,79H2,1-8H3,(H,80,104)(H,85,108)(H,86,98)(H,87,106)(H,88,105)(H,90,109)(H,92,107)(H,99,100)(H,101,102)(H,112,113)(H3,78,82,91,93,110)/t42?,43-,48+,51-,52-,53-,55+,56+,57+,62-,73-/m0/s1. The highest BCUT2D eigenvalue weighted by molar-refractivity contribution is 8.77. The first kappa shape index (κ1) is 97.7. The van der Waals surface area contributed by atoms with Crippen molar-refractivity contribution in [2.24, 2.45) is 23.6 Å². The van der Waals surface area contributed by atoms with Gasteiger partial charge in [-0.25, -0.2) is 19.7 Å². The number of nitrogens with two attached hydrogens (primary N) is 2. The Labute approximate surface area is 703 Å². The van der Waals surface area contributed by atoms with Crippen molar-refractivity contribution >= 4 is 139 Å². The van der Waals surface area contributed by atoms with Crippen LogP contribution in [-0.4, -0.2) is 232 Å². The van der Waals surface area contributed by atoms with Crippen molar-refractivity contribution in [3.8, 4) is 5.75 Å². The van der Waals surface area contributed by atoms with Gasteiger partial charge in [0.2, 0.25) is 41.4 Å². The summed E-state index contributed by atoms with van der Waals surface area (Å²) in [6.07, 6.45) is 1.16. The second-order valence-corrected chi connectivity index (χ2v) is 32.6. The molecule has 3 aromatic heterocycles. The average Bonchev–Trinajstić information content (AvgIpc) is 1.63. The molecule has 6 rings (SSSR count). The fourth-order valence-electron chi connectivity index (χ4n) is 12.7. The van der Waals surface area contributed by atoms with E-state index in [0.29, 0.717) is 53.5 Å². The Morgan fingerprint density at radius 3 is 2.09 bits per heavy atom. The van der Waals surface area contributed by atoms with Crippen LogP contribution in [0.1, 0.15) is 182 Å². The molecule has 656 valence electrons. The number of aliphatic carboxylic acids is 3. The van der Waals surface area contributed by atoms with Gasteiger partial charge in [0.05, 0.1) is 43.2 Å². The van der Waals surface area contributed by atoms with E-state index in [1.807, 2.05) is 39.6 Å². The van der Waals surface area contributed by atoms with Crippen LogP contribution in [0.4, 0.5) is 11.6 Å². The molecule has 18 N–H and O–H groups in total. The first-order valence-electron chi connectivity index (χ1n) is 39.1. The second kappa shape index (κ2) is 49.4. The second-order valence-electron chi connectivity index (χ2n) is 29.1. The molecule has 0 aliphatic carbocycles. The van der Waals surface area contributed by atoms with E-state index in [0.717, 1.165) is 35.0 Å². The Bertz CT molecular complexity index is 4410. The van der Waals surface area contributed by atoms with Crippen molar-refractivity contribution in [1.82, 2.24) is 77.4 Å². The number of aromatic amines is 1. The van der Waals surface area contributed by atoms with Gasteiger partial charge in [-0.2, -0.15) is 4.98 Å². The number of nitrogens with zero attached hydrogens (tertiary/aromatic N) is 6. The third-order valence-corrected chi connectivity index (χ3v) is 22.6. The van der Waals surface area contributed by atoms with Crippen LogP contribution in [0.2, 0.25) is 0 Å². The average molecular weight is 1730 g/mol. The lowest BCUT2D eigenvalue weighted by Gasteiger charge is -2.39. The van der Waals surface area contributed by atoms with Crippen molar-refractivity contribution in [1.29, 1.82) is 0 Å². The van der Waals surface area contributed by atoms with E-state index >= 15 is 4.79 Å². The molecule has 1 fully saturated rings. The number of carboxylic acid groups (broad SMARTS) is 3. The highest BCUT2D eigenvalue weighted by atomic mass is 33.1. The van der Waals surface area contributed by atoms with Crippen molar-refractivity contribution < 1.29 is 102 Å². The number of hydrogen-bond acceptors (Lipinski definition) is 31. The summed E-state index contributed by atoms with van der Waals surface area (Å²) in [6.45, 7) is 12.1. The molecule has 120 heavy (non-hydrogen) atoms. The highest BCUT2D eigenvalue weighted by Crippen LogP contribution is 2.33. The number of aromatic hydroxyl groups is 1. The number of hydrazine groups is 1. The highest BCUT2D eigenvalue weighted by Gasteiger charge is 2.41. The van der Waals surface area contributed by atoms with E-state index < -0.39 is 162 Å². The van der Waals surface area contributed by atoms with E-state index in [4.69, 9.17) is 25.8 Å². The van der Waals surface area contributed by atoms with Gasteiger partial charge in [0.15, 0.2) is 29.4 Å². The summed E-state index contributed by atoms with van der Waals surface area (Å²) >= 11 is 1.01. The van der Waals surface area contributed by atoms with Crippen molar-refractivity contribution in [2.45, 2.75) is 205 Å². The summed E-state index contributed by atoms with van der Waals surface area (Å²) in [5.74, 6) is -9.63. The summed E-state index contributed by atoms with van der Waals surface area (Å²) in [5, 5.41) is 60.4. The van der Waals surface area contributed by atoms with Crippen LogP contribution in [-0.2, 0) is 84.7 Å². The molecule has 4 heterocycles. The van der Waals surface area contributed by atoms with Gasteiger partial charge in [-0.05, 0) is 119 Å². The summed E-state index contributed by atoms with van der Waals surface area (Å²) < 4.78 is 17.2. The van der Waals surface area contributed by atoms with Crippen molar-refractivity contribution in [2.75, 3.05) is 56.8 Å². The number of nitrogen functional groups attached to an aromatic ring is 1. The number of carbonyl (C=O) groups is 14.